The van der Waals surface area contributed by atoms with E-state index in [1.807, 2.05) is 0 Å². The number of hydrogen-bond acceptors (Lipinski definition) is 5. The monoisotopic (exact) mass is 542 g/mol. The van der Waals surface area contributed by atoms with Crippen molar-refractivity contribution in [1.29, 1.82) is 0 Å². The molecule has 3 aromatic rings. The van der Waals surface area contributed by atoms with Gasteiger partial charge in [0.15, 0.2) is 0 Å². The standard InChI is InChI=1S/C24H24F6N6O2/c1-3-19-7-20(13-36(19)22(37)38)35(21-31-8-15(9-32-21)16-10-33-34(2)12-16)11-14-4-17(23(25,26)27)6-18(5-14)24(28,29)30/h4-6,8-10,12,19-20H,3,7,11,13H2,1-2H3,(H,37,38)/t19-,20?/m1/s1. The lowest BCUT2D eigenvalue weighted by molar-refractivity contribution is -0.143. The average molecular weight is 542 g/mol. The van der Waals surface area contributed by atoms with Crippen LogP contribution in [0.25, 0.3) is 11.1 Å². The van der Waals surface area contributed by atoms with Crippen LogP contribution in [0.2, 0.25) is 0 Å². The van der Waals surface area contributed by atoms with E-state index in [-0.39, 0.29) is 30.2 Å². The third-order valence-corrected chi connectivity index (χ3v) is 6.48. The minimum Gasteiger partial charge on any atom is -0.465 e. The van der Waals surface area contributed by atoms with Crippen molar-refractivity contribution in [2.24, 2.45) is 7.05 Å². The lowest BCUT2D eigenvalue weighted by Gasteiger charge is -2.29. The van der Waals surface area contributed by atoms with Crippen molar-refractivity contribution < 1.29 is 36.2 Å². The van der Waals surface area contributed by atoms with Crippen LogP contribution in [0, 0.1) is 0 Å². The molecule has 14 heteroatoms. The van der Waals surface area contributed by atoms with Crippen LogP contribution in [0.1, 0.15) is 36.5 Å². The van der Waals surface area contributed by atoms with Crippen LogP contribution in [0.4, 0.5) is 37.1 Å². The second-order valence-corrected chi connectivity index (χ2v) is 9.10. The van der Waals surface area contributed by atoms with E-state index in [0.29, 0.717) is 36.1 Å². The van der Waals surface area contributed by atoms with Gasteiger partial charge in [0.05, 0.1) is 23.4 Å². The van der Waals surface area contributed by atoms with Gasteiger partial charge in [-0.3, -0.25) is 4.68 Å². The Morgan fingerprint density at radius 3 is 2.08 bits per heavy atom. The van der Waals surface area contributed by atoms with E-state index < -0.39 is 42.2 Å². The Balaban J connectivity index is 1.74. The molecule has 1 amide bonds. The van der Waals surface area contributed by atoms with Crippen molar-refractivity contribution in [3.8, 4) is 11.1 Å². The van der Waals surface area contributed by atoms with Crippen molar-refractivity contribution in [3.63, 3.8) is 0 Å². The molecule has 1 fully saturated rings. The molecule has 38 heavy (non-hydrogen) atoms. The zero-order valence-corrected chi connectivity index (χ0v) is 20.3. The fourth-order valence-corrected chi connectivity index (χ4v) is 4.60. The highest BCUT2D eigenvalue weighted by Gasteiger charge is 2.40. The first-order valence-corrected chi connectivity index (χ1v) is 11.6. The second-order valence-electron chi connectivity index (χ2n) is 9.10. The number of nitrogens with zero attached hydrogens (tertiary/aromatic N) is 6. The Morgan fingerprint density at radius 2 is 1.63 bits per heavy atom. The fourth-order valence-electron chi connectivity index (χ4n) is 4.60. The molecule has 1 N–H and O–H groups in total. The number of benzene rings is 1. The molecule has 2 atom stereocenters. The van der Waals surface area contributed by atoms with Crippen LogP contribution in [-0.4, -0.2) is 54.5 Å². The summed E-state index contributed by atoms with van der Waals surface area (Å²) >= 11 is 0. The average Bonchev–Trinajstić information content (AvgIpc) is 3.48. The number of carboxylic acid groups (broad SMARTS) is 1. The summed E-state index contributed by atoms with van der Waals surface area (Å²) < 4.78 is 82.3. The van der Waals surface area contributed by atoms with Gasteiger partial charge in [-0.25, -0.2) is 14.8 Å². The van der Waals surface area contributed by atoms with E-state index in [4.69, 9.17) is 0 Å². The van der Waals surface area contributed by atoms with E-state index in [0.717, 1.165) is 0 Å². The van der Waals surface area contributed by atoms with Crippen molar-refractivity contribution in [2.75, 3.05) is 11.4 Å². The summed E-state index contributed by atoms with van der Waals surface area (Å²) in [5, 5.41) is 13.7. The second kappa shape index (κ2) is 10.1. The van der Waals surface area contributed by atoms with Gasteiger partial charge < -0.3 is 14.9 Å². The fraction of sp³-hybridized carbons (Fsp3) is 0.417. The molecule has 0 bridgehead atoms. The highest BCUT2D eigenvalue weighted by Crippen LogP contribution is 2.37. The summed E-state index contributed by atoms with van der Waals surface area (Å²) in [7, 11) is 1.73. The Labute approximate surface area is 213 Å². The van der Waals surface area contributed by atoms with Gasteiger partial charge in [0, 0.05) is 55.9 Å². The van der Waals surface area contributed by atoms with E-state index in [9.17, 15) is 36.2 Å². The number of aromatic nitrogens is 4. The summed E-state index contributed by atoms with van der Waals surface area (Å²) in [5.74, 6) is 0.0516. The van der Waals surface area contributed by atoms with Gasteiger partial charge in [0.25, 0.3) is 0 Å². The Hall–Kier alpha value is -3.84. The van der Waals surface area contributed by atoms with E-state index >= 15 is 0 Å². The van der Waals surface area contributed by atoms with Gasteiger partial charge in [0.1, 0.15) is 0 Å². The van der Waals surface area contributed by atoms with Crippen molar-refractivity contribution >= 4 is 12.0 Å². The topological polar surface area (TPSA) is 87.4 Å². The Kier molecular flexibility index (Phi) is 7.26. The van der Waals surface area contributed by atoms with E-state index in [1.54, 1.807) is 31.0 Å². The summed E-state index contributed by atoms with van der Waals surface area (Å²) in [4.78, 5) is 23.1. The lowest BCUT2D eigenvalue weighted by atomic mass is 10.0. The normalized spacial score (nSPS) is 18.2. The summed E-state index contributed by atoms with van der Waals surface area (Å²) in [6.07, 6.45) is -4.10. The van der Waals surface area contributed by atoms with Crippen LogP contribution < -0.4 is 4.90 Å². The molecular weight excluding hydrogens is 518 g/mol. The quantitative estimate of drug-likeness (QED) is 0.417. The van der Waals surface area contributed by atoms with Gasteiger partial charge in [-0.2, -0.15) is 31.4 Å². The van der Waals surface area contributed by atoms with Crippen LogP contribution in [0.5, 0.6) is 0 Å². The number of hydrogen-bond donors (Lipinski definition) is 1. The minimum absolute atomic E-state index is 0.00730. The highest BCUT2D eigenvalue weighted by molar-refractivity contribution is 5.66. The third-order valence-electron chi connectivity index (χ3n) is 6.48. The van der Waals surface area contributed by atoms with Gasteiger partial charge in [-0.05, 0) is 36.6 Å². The van der Waals surface area contributed by atoms with Crippen molar-refractivity contribution in [3.05, 3.63) is 59.7 Å². The Bertz CT molecular complexity index is 1260. The maximum atomic E-state index is 13.5. The number of amides is 1. The van der Waals surface area contributed by atoms with Crippen LogP contribution >= 0.6 is 0 Å². The molecular formula is C24H24F6N6O2. The van der Waals surface area contributed by atoms with E-state index in [1.165, 1.54) is 22.2 Å². The number of anilines is 1. The number of carbonyl (C=O) groups is 1. The number of rotatable bonds is 6. The van der Waals surface area contributed by atoms with Gasteiger partial charge >= 0.3 is 18.4 Å². The maximum Gasteiger partial charge on any atom is 0.416 e. The molecule has 204 valence electrons. The SMILES string of the molecule is CC[C@@H]1CC(N(Cc2cc(C(F)(F)F)cc(C(F)(F)F)c2)c2ncc(-c3cnn(C)c3)cn2)CN1C(=O)O. The largest absolute Gasteiger partial charge is 0.465 e. The molecule has 0 aliphatic carbocycles. The maximum absolute atomic E-state index is 13.5. The number of likely N-dealkylation sites (tertiary alicyclic amines) is 1. The molecule has 0 radical (unpaired) electrons. The molecule has 1 unspecified atom stereocenters. The molecule has 2 aromatic heterocycles. The summed E-state index contributed by atoms with van der Waals surface area (Å²) in [5.41, 5.74) is -1.80. The van der Waals surface area contributed by atoms with Gasteiger partial charge in [-0.1, -0.05) is 6.92 Å². The Morgan fingerprint density at radius 1 is 1.03 bits per heavy atom. The third kappa shape index (κ3) is 5.83. The summed E-state index contributed by atoms with van der Waals surface area (Å²) in [6.45, 7) is 1.40. The molecule has 1 aliphatic heterocycles. The lowest BCUT2D eigenvalue weighted by Crippen LogP contribution is -2.39. The highest BCUT2D eigenvalue weighted by atomic mass is 19.4. The van der Waals surface area contributed by atoms with Gasteiger partial charge in [0.2, 0.25) is 5.95 Å². The van der Waals surface area contributed by atoms with Crippen LogP contribution in [0.15, 0.2) is 43.0 Å². The van der Waals surface area contributed by atoms with Crippen molar-refractivity contribution in [1.82, 2.24) is 24.6 Å². The van der Waals surface area contributed by atoms with Crippen molar-refractivity contribution in [2.45, 2.75) is 50.7 Å². The smallest absolute Gasteiger partial charge is 0.416 e. The molecule has 3 heterocycles. The van der Waals surface area contributed by atoms with Gasteiger partial charge in [-0.15, -0.1) is 0 Å². The number of halogens is 6. The molecule has 0 spiro atoms. The first-order valence-electron chi connectivity index (χ1n) is 11.6. The zero-order chi connectivity index (χ0) is 27.8. The minimum atomic E-state index is -5.00. The predicted molar refractivity (Wildman–Crippen MR) is 124 cm³/mol. The zero-order valence-electron chi connectivity index (χ0n) is 20.3. The molecule has 1 aliphatic rings. The number of alkyl halides is 6. The summed E-state index contributed by atoms with van der Waals surface area (Å²) in [6, 6.07) is 0.439. The molecule has 8 nitrogen and oxygen atoms in total. The predicted octanol–water partition coefficient (Wildman–Crippen LogP) is 5.45. The molecule has 0 saturated carbocycles. The molecule has 1 aromatic carbocycles. The first-order chi connectivity index (χ1) is 17.8. The first kappa shape index (κ1) is 27.2. The van der Waals surface area contributed by atoms with E-state index in [2.05, 4.69) is 15.1 Å². The molecule has 4 rings (SSSR count). The van der Waals surface area contributed by atoms with Crippen LogP contribution in [0.3, 0.4) is 0 Å². The van der Waals surface area contributed by atoms with Crippen LogP contribution in [-0.2, 0) is 25.9 Å². The molecule has 1 saturated heterocycles. The number of aryl methyl sites for hydroxylation is 1.